The molecule has 0 aliphatic heterocycles. The van der Waals surface area contributed by atoms with Gasteiger partial charge in [-0.25, -0.2) is 0 Å². The van der Waals surface area contributed by atoms with Crippen molar-refractivity contribution in [2.75, 3.05) is 0 Å². The van der Waals surface area contributed by atoms with E-state index >= 15 is 0 Å². The van der Waals surface area contributed by atoms with Crippen LogP contribution in [-0.4, -0.2) is 28.9 Å². The third kappa shape index (κ3) is 33.2. The van der Waals surface area contributed by atoms with E-state index in [0.717, 1.165) is 74.0 Å². The van der Waals surface area contributed by atoms with Crippen LogP contribution in [0.2, 0.25) is 13.6 Å². The van der Waals surface area contributed by atoms with Gasteiger partial charge in [0, 0.05) is 76.1 Å². The van der Waals surface area contributed by atoms with E-state index in [4.69, 9.17) is 35.6 Å². The van der Waals surface area contributed by atoms with Crippen LogP contribution in [0.25, 0.3) is 32.3 Å². The SMILES string of the molecule is C.CB(C)c1cc(C#N)c2ccccc2c1.CC.CC.CC.CC.CC.CC.CC(=O)O.CC(=O)O.Cc1cc(C#N)c2ccccc2c1.Cc1cc(C#N)c2ccccc2c1.[U].[U]. The Kier molecular flexibility index (Phi) is 61.7. The molecule has 10 heteroatoms. The van der Waals surface area contributed by atoms with Gasteiger partial charge in [-0.1, -0.05) is 201 Å². The van der Waals surface area contributed by atoms with Gasteiger partial charge >= 0.3 is 0 Å². The molecule has 0 unspecified atom stereocenters. The zero-order valence-corrected chi connectivity index (χ0v) is 49.8. The molecule has 0 radical (unpaired) electrons. The summed E-state index contributed by atoms with van der Waals surface area (Å²) < 4.78 is 0. The second-order valence-corrected chi connectivity index (χ2v) is 11.4. The maximum atomic E-state index is 9.09. The summed E-state index contributed by atoms with van der Waals surface area (Å²) in [5.41, 5.74) is 5.79. The third-order valence-corrected chi connectivity index (χ3v) is 6.92. The number of fused-ring (bicyclic) bond motifs is 3. The monoisotopic (exact) mass is 1320 g/mol. The molecule has 0 fully saturated rings. The summed E-state index contributed by atoms with van der Waals surface area (Å²) in [5, 5.41) is 48.3. The summed E-state index contributed by atoms with van der Waals surface area (Å²) in [5.74, 6) is -1.67. The number of nitrogens with zero attached hydrogens (tertiary/aromatic N) is 3. The van der Waals surface area contributed by atoms with Crippen molar-refractivity contribution in [1.82, 2.24) is 0 Å². The van der Waals surface area contributed by atoms with Crippen LogP contribution in [0, 0.1) is 110 Å². The number of hydrogen-bond donors (Lipinski definition) is 2. The van der Waals surface area contributed by atoms with Gasteiger partial charge in [0.15, 0.2) is 6.71 Å². The quantitative estimate of drug-likeness (QED) is 0.156. The Labute approximate surface area is 437 Å². The molecule has 0 atom stereocenters. The predicted molar refractivity (Wildman–Crippen MR) is 274 cm³/mol. The average Bonchev–Trinajstić information content (AvgIpc) is 3.29. The van der Waals surface area contributed by atoms with Crippen LogP contribution >= 0.6 is 0 Å². The first kappa shape index (κ1) is 76.9. The fourth-order valence-electron chi connectivity index (χ4n) is 4.87. The van der Waals surface area contributed by atoms with Crippen LogP contribution in [0.4, 0.5) is 0 Å². The molecule has 0 heterocycles. The zero-order chi connectivity index (χ0) is 48.5. The van der Waals surface area contributed by atoms with Gasteiger partial charge < -0.3 is 10.2 Å². The standard InChI is InChI=1S/C13H12BN.2C12H9N.2C2H4O2.6C2H6.CH4.2U/c1-14(2)12-7-10-5-3-4-6-13(10)11(8-12)9-15;2*1-9-6-10-4-2-3-5-12(10)11(7-9)8-13;2*1-2(3)4;6*1-2;;;/h3-8H,1-2H3;2*2-7H,1H3;2*1H3,(H,3,4);6*1-2H3;1H4;;. The second kappa shape index (κ2) is 51.3. The van der Waals surface area contributed by atoms with E-state index in [1.54, 1.807) is 0 Å². The van der Waals surface area contributed by atoms with Crippen LogP contribution in [0.3, 0.4) is 0 Å². The van der Waals surface area contributed by atoms with Gasteiger partial charge in [0.05, 0.1) is 34.9 Å². The first-order valence-electron chi connectivity index (χ1n) is 21.4. The molecule has 0 bridgehead atoms. The van der Waals surface area contributed by atoms with Gasteiger partial charge in [-0.3, -0.25) is 9.59 Å². The van der Waals surface area contributed by atoms with Crippen molar-refractivity contribution in [1.29, 1.82) is 15.8 Å². The van der Waals surface area contributed by atoms with E-state index in [9.17, 15) is 0 Å². The molecule has 64 heavy (non-hydrogen) atoms. The minimum absolute atomic E-state index is 0. The van der Waals surface area contributed by atoms with Crippen molar-refractivity contribution in [2.24, 2.45) is 0 Å². The summed E-state index contributed by atoms with van der Waals surface area (Å²) in [6, 6.07) is 42.8. The second-order valence-electron chi connectivity index (χ2n) is 11.4. The summed E-state index contributed by atoms with van der Waals surface area (Å²) in [6.07, 6.45) is 0. The number of nitriles is 3. The predicted octanol–water partition coefficient (Wildman–Crippen LogP) is 15.7. The van der Waals surface area contributed by atoms with Crippen molar-refractivity contribution < 1.29 is 82.0 Å². The minimum atomic E-state index is -0.833. The van der Waals surface area contributed by atoms with E-state index in [1.165, 1.54) is 5.46 Å². The Balaban J connectivity index is -0.000000100. The van der Waals surface area contributed by atoms with Crippen LogP contribution in [0.15, 0.2) is 109 Å². The molecule has 0 aliphatic carbocycles. The topological polar surface area (TPSA) is 146 Å². The third-order valence-electron chi connectivity index (χ3n) is 6.92. The van der Waals surface area contributed by atoms with Gasteiger partial charge in [-0.2, -0.15) is 15.8 Å². The van der Waals surface area contributed by atoms with Gasteiger partial charge in [-0.15, -0.1) is 0 Å². The van der Waals surface area contributed by atoms with Crippen LogP contribution in [-0.2, 0) is 9.59 Å². The Morgan fingerprint density at radius 2 is 0.672 bits per heavy atom. The summed E-state index contributed by atoms with van der Waals surface area (Å²) >= 11 is 0. The Bertz CT molecular complexity index is 2110. The molecule has 0 aliphatic rings. The maximum absolute atomic E-state index is 9.09. The molecular weight excluding hydrogens is 1240 g/mol. The Hall–Kier alpha value is -4.32. The number of hydrogen-bond acceptors (Lipinski definition) is 5. The van der Waals surface area contributed by atoms with E-state index < -0.39 is 11.9 Å². The van der Waals surface area contributed by atoms with E-state index in [0.29, 0.717) is 6.71 Å². The number of aryl methyl sites for hydroxylation is 2. The maximum Gasteiger partial charge on any atom is 0.300 e. The number of carboxylic acid groups (broad SMARTS) is 2. The largest absolute Gasteiger partial charge is 0.481 e. The normalized spacial score (nSPS) is 7.67. The van der Waals surface area contributed by atoms with Crippen molar-refractivity contribution in [3.63, 3.8) is 0 Å². The van der Waals surface area contributed by atoms with Gasteiger partial charge in [0.2, 0.25) is 0 Å². The average molecular weight is 1320 g/mol. The van der Waals surface area contributed by atoms with Crippen LogP contribution < -0.4 is 5.46 Å². The molecule has 0 saturated heterocycles. The zero-order valence-electron chi connectivity index (χ0n) is 41.5. The molecule has 0 amide bonds. The van der Waals surface area contributed by atoms with Gasteiger partial charge in [0.25, 0.3) is 11.9 Å². The first-order chi connectivity index (χ1) is 29.3. The summed E-state index contributed by atoms with van der Waals surface area (Å²) in [7, 11) is 0. The number of carbonyl (C=O) groups is 2. The molecule has 7 nitrogen and oxygen atoms in total. The van der Waals surface area contributed by atoms with Crippen LogP contribution in [0.5, 0.6) is 0 Å². The molecule has 344 valence electrons. The van der Waals surface area contributed by atoms with Crippen LogP contribution in [0.1, 0.15) is 132 Å². The molecular formula is C54H78BN3O4U2. The number of carboxylic acids is 2. The number of aliphatic carboxylic acids is 2. The van der Waals surface area contributed by atoms with Gasteiger partial charge in [-0.05, 0) is 75.5 Å². The van der Waals surface area contributed by atoms with Gasteiger partial charge in [0.1, 0.15) is 0 Å². The Morgan fingerprint density at radius 1 is 0.453 bits per heavy atom. The molecule has 6 rings (SSSR count). The fourth-order valence-corrected chi connectivity index (χ4v) is 4.87. The smallest absolute Gasteiger partial charge is 0.300 e. The molecule has 2 N–H and O–H groups in total. The van der Waals surface area contributed by atoms with E-state index in [1.807, 2.05) is 182 Å². The number of rotatable bonds is 1. The van der Waals surface area contributed by atoms with Crippen molar-refractivity contribution in [3.8, 4) is 18.2 Å². The van der Waals surface area contributed by atoms with Crippen molar-refractivity contribution in [2.45, 2.75) is 132 Å². The van der Waals surface area contributed by atoms with Crippen molar-refractivity contribution >= 4 is 56.4 Å². The summed E-state index contributed by atoms with van der Waals surface area (Å²) in [4.78, 5) is 18.0. The summed E-state index contributed by atoms with van der Waals surface area (Å²) in [6.45, 7) is 34.9. The molecule has 0 spiro atoms. The van der Waals surface area contributed by atoms with E-state index in [2.05, 4.69) is 56.1 Å². The molecule has 0 saturated carbocycles. The molecule has 0 aromatic heterocycles. The molecule has 6 aromatic rings. The van der Waals surface area contributed by atoms with E-state index in [-0.39, 0.29) is 69.7 Å². The van der Waals surface area contributed by atoms with Crippen molar-refractivity contribution in [3.05, 3.63) is 137 Å². The minimum Gasteiger partial charge on any atom is -0.481 e. The fraction of sp³-hybridized carbons (Fsp3) is 0.352. The molecule has 6 aromatic carbocycles. The number of benzene rings is 6. The Morgan fingerprint density at radius 3 is 0.906 bits per heavy atom. The first-order valence-corrected chi connectivity index (χ1v) is 21.4.